The molecule has 0 atom stereocenters. The number of benzene rings is 2. The Morgan fingerprint density at radius 1 is 0.700 bits per heavy atom. The molecule has 2 aromatic carbocycles. The van der Waals surface area contributed by atoms with Gasteiger partial charge in [-0.1, -0.05) is 30.3 Å². The standard InChI is InChI=1S/C22H34O5Si3/c1-28(2,3)26-30(7,27-29(4,5)6)25-18-17-24-21-15-13-20(14-16-21)22(23)19-11-9-8-10-12-19/h8-16H,17-18H2,1-7H3. The molecule has 0 spiro atoms. The van der Waals surface area contributed by atoms with E-state index in [2.05, 4.69) is 39.3 Å². The summed E-state index contributed by atoms with van der Waals surface area (Å²) in [4.78, 5) is 12.5. The highest BCUT2D eigenvalue weighted by atomic mass is 28.5. The predicted octanol–water partition coefficient (Wildman–Crippen LogP) is 5.58. The molecule has 2 rings (SSSR count). The van der Waals surface area contributed by atoms with Crippen LogP contribution >= 0.6 is 0 Å². The van der Waals surface area contributed by atoms with E-state index in [9.17, 15) is 4.79 Å². The molecular formula is C22H34O5Si3. The SMILES string of the molecule is C[Si](C)(C)O[Si](C)(OCCOc1ccc(C(=O)c2ccccc2)cc1)O[Si](C)(C)C. The normalized spacial score (nSPS) is 12.6. The van der Waals surface area contributed by atoms with Gasteiger partial charge in [0.1, 0.15) is 12.4 Å². The van der Waals surface area contributed by atoms with Crippen LogP contribution in [0.2, 0.25) is 45.8 Å². The summed E-state index contributed by atoms with van der Waals surface area (Å²) in [5.41, 5.74) is 1.31. The van der Waals surface area contributed by atoms with Gasteiger partial charge in [0.15, 0.2) is 22.4 Å². The first kappa shape index (κ1) is 24.7. The zero-order valence-corrected chi connectivity index (χ0v) is 22.2. The third-order valence-corrected chi connectivity index (χ3v) is 12.4. The lowest BCUT2D eigenvalue weighted by Crippen LogP contribution is -2.55. The maximum absolute atomic E-state index is 12.5. The van der Waals surface area contributed by atoms with Crippen LogP contribution < -0.4 is 4.74 Å². The fourth-order valence-electron chi connectivity index (χ4n) is 3.04. The molecule has 0 aliphatic heterocycles. The average molecular weight is 463 g/mol. The lowest BCUT2D eigenvalue weighted by molar-refractivity contribution is 0.103. The Morgan fingerprint density at radius 2 is 1.20 bits per heavy atom. The highest BCUT2D eigenvalue weighted by Crippen LogP contribution is 2.22. The molecule has 0 aliphatic rings. The van der Waals surface area contributed by atoms with Gasteiger partial charge < -0.3 is 17.4 Å². The van der Waals surface area contributed by atoms with Gasteiger partial charge in [0.2, 0.25) is 0 Å². The summed E-state index contributed by atoms with van der Waals surface area (Å²) in [6.45, 7) is 15.6. The van der Waals surface area contributed by atoms with Crippen LogP contribution in [0.15, 0.2) is 54.6 Å². The minimum atomic E-state index is -2.72. The average Bonchev–Trinajstić information content (AvgIpc) is 2.63. The molecule has 0 saturated carbocycles. The van der Waals surface area contributed by atoms with Crippen molar-refractivity contribution in [2.24, 2.45) is 0 Å². The second-order valence-electron chi connectivity index (χ2n) is 9.21. The van der Waals surface area contributed by atoms with Crippen molar-refractivity contribution in [3.05, 3.63) is 65.7 Å². The molecule has 0 unspecified atom stereocenters. The maximum atomic E-state index is 12.5. The summed E-state index contributed by atoms with van der Waals surface area (Å²) >= 11 is 0. The Bertz CT molecular complexity index is 795. The van der Waals surface area contributed by atoms with E-state index in [-0.39, 0.29) is 5.78 Å². The minimum Gasteiger partial charge on any atom is -0.491 e. The van der Waals surface area contributed by atoms with E-state index in [1.54, 1.807) is 12.1 Å². The van der Waals surface area contributed by atoms with Crippen molar-refractivity contribution >= 4 is 31.2 Å². The fourth-order valence-corrected chi connectivity index (χ4v) is 13.4. The van der Waals surface area contributed by atoms with Gasteiger partial charge in [-0.05, 0) is 63.5 Å². The third-order valence-electron chi connectivity index (χ3n) is 3.85. The van der Waals surface area contributed by atoms with E-state index in [4.69, 9.17) is 17.4 Å². The van der Waals surface area contributed by atoms with Gasteiger partial charge in [-0.15, -0.1) is 0 Å². The summed E-state index contributed by atoms with van der Waals surface area (Å²) in [5, 5.41) is 0. The second-order valence-corrected chi connectivity index (χ2v) is 21.3. The zero-order valence-electron chi connectivity index (χ0n) is 19.2. The Labute approximate surface area is 184 Å². The Hall–Kier alpha value is -1.56. The Kier molecular flexibility index (Phi) is 8.37. The minimum absolute atomic E-state index is 0.000702. The number of carbonyl (C=O) groups is 1. The van der Waals surface area contributed by atoms with Crippen LogP contribution in [-0.4, -0.2) is 44.4 Å². The van der Waals surface area contributed by atoms with Crippen molar-refractivity contribution in [3.63, 3.8) is 0 Å². The van der Waals surface area contributed by atoms with Crippen molar-refractivity contribution < 1.29 is 22.2 Å². The van der Waals surface area contributed by atoms with Crippen LogP contribution in [0, 0.1) is 0 Å². The molecule has 30 heavy (non-hydrogen) atoms. The maximum Gasteiger partial charge on any atom is 0.476 e. The molecule has 0 saturated heterocycles. The summed E-state index contributed by atoms with van der Waals surface area (Å²) in [6, 6.07) is 16.4. The number of carbonyl (C=O) groups excluding carboxylic acids is 1. The molecule has 2 aromatic rings. The van der Waals surface area contributed by atoms with E-state index in [1.807, 2.05) is 49.0 Å². The van der Waals surface area contributed by atoms with Crippen molar-refractivity contribution in [3.8, 4) is 5.75 Å². The molecule has 0 bridgehead atoms. The molecule has 0 amide bonds. The predicted molar refractivity (Wildman–Crippen MR) is 128 cm³/mol. The number of rotatable bonds is 11. The van der Waals surface area contributed by atoms with Gasteiger partial charge in [0, 0.05) is 17.7 Å². The first-order valence-electron chi connectivity index (χ1n) is 10.2. The Morgan fingerprint density at radius 3 is 1.70 bits per heavy atom. The van der Waals surface area contributed by atoms with Gasteiger partial charge in [-0.2, -0.15) is 0 Å². The first-order valence-corrected chi connectivity index (χ1v) is 19.3. The first-order chi connectivity index (χ1) is 13.9. The summed E-state index contributed by atoms with van der Waals surface area (Å²) in [5.74, 6) is 0.697. The molecule has 0 N–H and O–H groups in total. The van der Waals surface area contributed by atoms with Crippen LogP contribution in [0.4, 0.5) is 0 Å². The van der Waals surface area contributed by atoms with E-state index < -0.39 is 25.4 Å². The quantitative estimate of drug-likeness (QED) is 0.248. The second kappa shape index (κ2) is 10.2. The Balaban J connectivity index is 1.90. The summed E-state index contributed by atoms with van der Waals surface area (Å²) in [7, 11) is -6.32. The molecule has 8 heteroatoms. The highest BCUT2D eigenvalue weighted by molar-refractivity contribution is 6.85. The van der Waals surface area contributed by atoms with Gasteiger partial charge >= 0.3 is 8.80 Å². The summed E-state index contributed by atoms with van der Waals surface area (Å²) < 4.78 is 24.5. The van der Waals surface area contributed by atoms with Crippen LogP contribution in [0.3, 0.4) is 0 Å². The van der Waals surface area contributed by atoms with E-state index in [0.29, 0.717) is 30.1 Å². The molecule has 0 radical (unpaired) electrons. The van der Waals surface area contributed by atoms with Crippen LogP contribution in [0.1, 0.15) is 15.9 Å². The van der Waals surface area contributed by atoms with E-state index in [0.717, 1.165) is 0 Å². The molecule has 0 heterocycles. The number of hydrogen-bond donors (Lipinski definition) is 0. The van der Waals surface area contributed by atoms with Gasteiger partial charge in [0.25, 0.3) is 0 Å². The number of hydrogen-bond acceptors (Lipinski definition) is 5. The lowest BCUT2D eigenvalue weighted by atomic mass is 10.0. The molecular weight excluding hydrogens is 428 g/mol. The molecule has 0 aromatic heterocycles. The van der Waals surface area contributed by atoms with Crippen molar-refractivity contribution in [2.75, 3.05) is 13.2 Å². The molecule has 0 aliphatic carbocycles. The van der Waals surface area contributed by atoms with Gasteiger partial charge in [-0.3, -0.25) is 4.79 Å². The highest BCUT2D eigenvalue weighted by Gasteiger charge is 2.43. The monoisotopic (exact) mass is 462 g/mol. The van der Waals surface area contributed by atoms with Gasteiger partial charge in [0.05, 0.1) is 6.61 Å². The van der Waals surface area contributed by atoms with Crippen LogP contribution in [-0.2, 0) is 12.7 Å². The van der Waals surface area contributed by atoms with Crippen molar-refractivity contribution in [1.82, 2.24) is 0 Å². The van der Waals surface area contributed by atoms with Crippen molar-refractivity contribution in [2.45, 2.75) is 45.8 Å². The number of ketones is 1. The third kappa shape index (κ3) is 8.66. The topological polar surface area (TPSA) is 54.0 Å². The number of ether oxygens (including phenoxy) is 1. The van der Waals surface area contributed by atoms with Crippen molar-refractivity contribution in [1.29, 1.82) is 0 Å². The molecule has 164 valence electrons. The summed E-state index contributed by atoms with van der Waals surface area (Å²) in [6.07, 6.45) is 0. The largest absolute Gasteiger partial charge is 0.491 e. The zero-order chi connectivity index (χ0) is 22.4. The fraction of sp³-hybridized carbons (Fsp3) is 0.409. The van der Waals surface area contributed by atoms with Crippen LogP contribution in [0.25, 0.3) is 0 Å². The van der Waals surface area contributed by atoms with Gasteiger partial charge in [-0.25, -0.2) is 0 Å². The molecule has 0 fully saturated rings. The van der Waals surface area contributed by atoms with E-state index in [1.165, 1.54) is 0 Å². The lowest BCUT2D eigenvalue weighted by Gasteiger charge is -2.37. The van der Waals surface area contributed by atoms with E-state index >= 15 is 0 Å². The molecule has 5 nitrogen and oxygen atoms in total. The van der Waals surface area contributed by atoms with Crippen LogP contribution in [0.5, 0.6) is 5.75 Å². The smallest absolute Gasteiger partial charge is 0.476 e.